The molecule has 2 aromatic carbocycles. The van der Waals surface area contributed by atoms with Crippen molar-refractivity contribution in [3.63, 3.8) is 0 Å². The summed E-state index contributed by atoms with van der Waals surface area (Å²) in [5.41, 5.74) is 1.49. The number of methoxy groups -OCH3 is 1. The van der Waals surface area contributed by atoms with Crippen LogP contribution in [0.4, 0.5) is 5.69 Å². The second kappa shape index (κ2) is 9.30. The normalized spacial score (nSPS) is 10.6. The Bertz CT molecular complexity index is 1050. The fraction of sp³-hybridized carbons (Fsp3) is 0.158. The molecule has 0 fully saturated rings. The van der Waals surface area contributed by atoms with E-state index in [-0.39, 0.29) is 11.7 Å². The summed E-state index contributed by atoms with van der Waals surface area (Å²) < 4.78 is 6.47. The number of rotatable bonds is 6. The van der Waals surface area contributed by atoms with Crippen LogP contribution < -0.4 is 5.32 Å². The topological polar surface area (TPSA) is 86.1 Å². The standard InChI is InChI=1S/C19H16Cl2N4O3S/c1-25-17(11-3-6-13(20)7-4-11)23-24-19(25)29-10-16(26)22-15-9-12(18(27)28-2)5-8-14(15)21/h3-9H,10H2,1-2H3,(H,22,26). The molecule has 3 rings (SSSR count). The van der Waals surface area contributed by atoms with Crippen molar-refractivity contribution in [3.05, 3.63) is 58.1 Å². The van der Waals surface area contributed by atoms with Crippen LogP contribution in [0, 0.1) is 0 Å². The number of esters is 1. The van der Waals surface area contributed by atoms with Gasteiger partial charge in [-0.2, -0.15) is 0 Å². The quantitative estimate of drug-likeness (QED) is 0.444. The Kier molecular flexibility index (Phi) is 6.79. The fourth-order valence-electron chi connectivity index (χ4n) is 2.47. The number of hydrogen-bond donors (Lipinski definition) is 1. The molecular formula is C19H16Cl2N4O3S. The van der Waals surface area contributed by atoms with Gasteiger partial charge in [0.25, 0.3) is 0 Å². The molecule has 0 aliphatic carbocycles. The number of anilines is 1. The predicted molar refractivity (Wildman–Crippen MR) is 114 cm³/mol. The zero-order valence-corrected chi connectivity index (χ0v) is 17.8. The van der Waals surface area contributed by atoms with E-state index < -0.39 is 5.97 Å². The molecule has 3 aromatic rings. The van der Waals surface area contributed by atoms with Crippen LogP contribution in [0.2, 0.25) is 10.0 Å². The molecule has 10 heteroatoms. The van der Waals surface area contributed by atoms with Crippen molar-refractivity contribution in [1.82, 2.24) is 14.8 Å². The molecule has 0 radical (unpaired) electrons. The number of aromatic nitrogens is 3. The van der Waals surface area contributed by atoms with Gasteiger partial charge >= 0.3 is 5.97 Å². The van der Waals surface area contributed by atoms with Crippen LogP contribution in [0.1, 0.15) is 10.4 Å². The molecule has 0 aliphatic rings. The van der Waals surface area contributed by atoms with E-state index in [1.807, 2.05) is 19.2 Å². The van der Waals surface area contributed by atoms with Gasteiger partial charge in [-0.25, -0.2) is 4.79 Å². The molecule has 1 N–H and O–H groups in total. The number of carbonyl (C=O) groups is 2. The van der Waals surface area contributed by atoms with Crippen molar-refractivity contribution in [3.8, 4) is 11.4 Å². The van der Waals surface area contributed by atoms with Gasteiger partial charge in [0.05, 0.1) is 29.1 Å². The van der Waals surface area contributed by atoms with Crippen molar-refractivity contribution < 1.29 is 14.3 Å². The minimum absolute atomic E-state index is 0.0887. The van der Waals surface area contributed by atoms with Gasteiger partial charge in [-0.15, -0.1) is 10.2 Å². The number of hydrogen-bond acceptors (Lipinski definition) is 6. The number of carbonyl (C=O) groups excluding carboxylic acids is 2. The van der Waals surface area contributed by atoms with Crippen LogP contribution >= 0.6 is 35.0 Å². The molecule has 150 valence electrons. The maximum atomic E-state index is 12.3. The second-order valence-electron chi connectivity index (χ2n) is 5.90. The van der Waals surface area contributed by atoms with Crippen LogP contribution in [-0.4, -0.2) is 39.5 Å². The Morgan fingerprint density at radius 3 is 2.55 bits per heavy atom. The van der Waals surface area contributed by atoms with Gasteiger partial charge in [0.2, 0.25) is 5.91 Å². The van der Waals surface area contributed by atoms with Crippen molar-refractivity contribution in [2.75, 3.05) is 18.2 Å². The largest absolute Gasteiger partial charge is 0.465 e. The lowest BCUT2D eigenvalue weighted by atomic mass is 10.2. The van der Waals surface area contributed by atoms with E-state index in [0.717, 1.165) is 5.56 Å². The van der Waals surface area contributed by atoms with E-state index >= 15 is 0 Å². The van der Waals surface area contributed by atoms with Crippen LogP contribution in [0.5, 0.6) is 0 Å². The van der Waals surface area contributed by atoms with E-state index in [2.05, 4.69) is 20.3 Å². The van der Waals surface area contributed by atoms with Gasteiger partial charge in [0, 0.05) is 17.6 Å². The lowest BCUT2D eigenvalue weighted by Gasteiger charge is -2.09. The van der Waals surface area contributed by atoms with Crippen LogP contribution in [-0.2, 0) is 16.6 Å². The molecule has 0 saturated carbocycles. The second-order valence-corrected chi connectivity index (χ2v) is 7.68. The van der Waals surface area contributed by atoms with Crippen LogP contribution in [0.15, 0.2) is 47.6 Å². The average Bonchev–Trinajstić information content (AvgIpc) is 3.08. The van der Waals surface area contributed by atoms with E-state index in [0.29, 0.717) is 32.3 Å². The highest BCUT2D eigenvalue weighted by molar-refractivity contribution is 7.99. The van der Waals surface area contributed by atoms with Crippen molar-refractivity contribution in [2.45, 2.75) is 5.16 Å². The highest BCUT2D eigenvalue weighted by atomic mass is 35.5. The Balaban J connectivity index is 1.66. The Hall–Kier alpha value is -2.55. The number of halogens is 2. The molecule has 0 unspecified atom stereocenters. The number of nitrogens with one attached hydrogen (secondary N) is 1. The van der Waals surface area contributed by atoms with Gasteiger partial charge in [0.1, 0.15) is 0 Å². The molecular weight excluding hydrogens is 435 g/mol. The molecule has 0 saturated heterocycles. The molecule has 1 amide bonds. The highest BCUT2D eigenvalue weighted by Crippen LogP contribution is 2.26. The Morgan fingerprint density at radius 2 is 1.86 bits per heavy atom. The minimum atomic E-state index is -0.514. The molecule has 0 aliphatic heterocycles. The van der Waals surface area contributed by atoms with Crippen LogP contribution in [0.3, 0.4) is 0 Å². The number of amides is 1. The highest BCUT2D eigenvalue weighted by Gasteiger charge is 2.15. The minimum Gasteiger partial charge on any atom is -0.465 e. The zero-order valence-electron chi connectivity index (χ0n) is 15.5. The van der Waals surface area contributed by atoms with Crippen LogP contribution in [0.25, 0.3) is 11.4 Å². The van der Waals surface area contributed by atoms with E-state index in [1.165, 1.54) is 37.1 Å². The van der Waals surface area contributed by atoms with Gasteiger partial charge in [-0.3, -0.25) is 4.79 Å². The first-order chi connectivity index (χ1) is 13.9. The summed E-state index contributed by atoms with van der Waals surface area (Å²) in [7, 11) is 3.10. The lowest BCUT2D eigenvalue weighted by Crippen LogP contribution is -2.15. The first kappa shape index (κ1) is 21.2. The van der Waals surface area contributed by atoms with Crippen molar-refractivity contribution in [1.29, 1.82) is 0 Å². The lowest BCUT2D eigenvalue weighted by molar-refractivity contribution is -0.113. The SMILES string of the molecule is COC(=O)c1ccc(Cl)c(NC(=O)CSc2nnc(-c3ccc(Cl)cc3)n2C)c1. The summed E-state index contributed by atoms with van der Waals surface area (Å²) in [6, 6.07) is 11.8. The third-order valence-electron chi connectivity index (χ3n) is 3.93. The molecule has 1 aromatic heterocycles. The smallest absolute Gasteiger partial charge is 0.337 e. The molecule has 0 atom stereocenters. The number of ether oxygens (including phenoxy) is 1. The molecule has 1 heterocycles. The van der Waals surface area contributed by atoms with Gasteiger partial charge < -0.3 is 14.6 Å². The van der Waals surface area contributed by atoms with E-state index in [1.54, 1.807) is 16.7 Å². The third kappa shape index (κ3) is 5.09. The van der Waals surface area contributed by atoms with E-state index in [4.69, 9.17) is 23.2 Å². The summed E-state index contributed by atoms with van der Waals surface area (Å²) in [5, 5.41) is 12.5. The summed E-state index contributed by atoms with van der Waals surface area (Å²) in [6.45, 7) is 0. The summed E-state index contributed by atoms with van der Waals surface area (Å²) in [6.07, 6.45) is 0. The predicted octanol–water partition coefficient (Wildman–Crippen LogP) is 4.31. The number of nitrogens with zero attached hydrogens (tertiary/aromatic N) is 3. The monoisotopic (exact) mass is 450 g/mol. The zero-order chi connectivity index (χ0) is 21.0. The first-order valence-corrected chi connectivity index (χ1v) is 10.1. The fourth-order valence-corrected chi connectivity index (χ4v) is 3.48. The number of benzene rings is 2. The van der Waals surface area contributed by atoms with Gasteiger partial charge in [0.15, 0.2) is 11.0 Å². The number of thioether (sulfide) groups is 1. The maximum Gasteiger partial charge on any atom is 0.337 e. The van der Waals surface area contributed by atoms with Gasteiger partial charge in [-0.05, 0) is 42.5 Å². The third-order valence-corrected chi connectivity index (χ3v) is 5.53. The average molecular weight is 451 g/mol. The molecule has 0 bridgehead atoms. The Labute approximate surface area is 181 Å². The van der Waals surface area contributed by atoms with E-state index in [9.17, 15) is 9.59 Å². The first-order valence-electron chi connectivity index (χ1n) is 8.35. The maximum absolute atomic E-state index is 12.3. The molecule has 7 nitrogen and oxygen atoms in total. The molecule has 0 spiro atoms. The van der Waals surface area contributed by atoms with Crippen molar-refractivity contribution in [2.24, 2.45) is 7.05 Å². The Morgan fingerprint density at radius 1 is 1.14 bits per heavy atom. The van der Waals surface area contributed by atoms with Crippen molar-refractivity contribution >= 4 is 52.5 Å². The summed E-state index contributed by atoms with van der Waals surface area (Å²) >= 11 is 13.2. The van der Waals surface area contributed by atoms with Gasteiger partial charge in [-0.1, -0.05) is 35.0 Å². The summed E-state index contributed by atoms with van der Waals surface area (Å²) in [5.74, 6) is -0.0560. The summed E-state index contributed by atoms with van der Waals surface area (Å²) in [4.78, 5) is 24.0. The molecule has 29 heavy (non-hydrogen) atoms.